The number of nitro groups is 1. The average Bonchev–Trinajstić information content (AvgIpc) is 2.62. The maximum atomic E-state index is 12.2. The van der Waals surface area contributed by atoms with E-state index in [1.807, 2.05) is 13.8 Å². The Morgan fingerprint density at radius 2 is 1.68 bits per heavy atom. The number of nitrogens with zero attached hydrogens (tertiary/aromatic N) is 1. The van der Waals surface area contributed by atoms with E-state index < -0.39 is 22.8 Å². The second-order valence-electron chi connectivity index (χ2n) is 6.33. The van der Waals surface area contributed by atoms with Crippen LogP contribution in [-0.2, 0) is 4.79 Å². The van der Waals surface area contributed by atoms with E-state index in [-0.39, 0.29) is 11.3 Å². The van der Waals surface area contributed by atoms with Crippen LogP contribution in [0, 0.1) is 30.9 Å². The first-order valence-corrected chi connectivity index (χ1v) is 8.76. The highest BCUT2D eigenvalue weighted by molar-refractivity contribution is 6.30. The van der Waals surface area contributed by atoms with E-state index >= 15 is 0 Å². The van der Waals surface area contributed by atoms with Gasteiger partial charge in [-0.1, -0.05) is 17.7 Å². The largest absolute Gasteiger partial charge is 0.480 e. The summed E-state index contributed by atoms with van der Waals surface area (Å²) in [4.78, 5) is 34.8. The Kier molecular flexibility index (Phi) is 6.58. The summed E-state index contributed by atoms with van der Waals surface area (Å²) >= 11 is 5.98. The molecule has 0 fully saturated rings. The normalized spacial score (nSPS) is 11.5. The third-order valence-corrected chi connectivity index (χ3v) is 4.27. The lowest BCUT2D eigenvalue weighted by Gasteiger charge is -2.18. The van der Waals surface area contributed by atoms with Crippen LogP contribution in [0.3, 0.4) is 0 Å². The van der Waals surface area contributed by atoms with E-state index in [0.717, 1.165) is 17.2 Å². The quantitative estimate of drug-likeness (QED) is 0.585. The van der Waals surface area contributed by atoms with Crippen molar-refractivity contribution < 1.29 is 19.2 Å². The molecule has 0 bridgehead atoms. The van der Waals surface area contributed by atoms with Crippen molar-refractivity contribution >= 4 is 29.1 Å². The van der Waals surface area contributed by atoms with Gasteiger partial charge in [0.05, 0.1) is 4.92 Å². The second-order valence-corrected chi connectivity index (χ2v) is 6.77. The van der Waals surface area contributed by atoms with Crippen molar-refractivity contribution in [2.24, 2.45) is 0 Å². The van der Waals surface area contributed by atoms with Crippen molar-refractivity contribution in [2.45, 2.75) is 33.8 Å². The Labute approximate surface area is 167 Å². The Morgan fingerprint density at radius 1 is 1.07 bits per heavy atom. The average molecular weight is 406 g/mol. The maximum Gasteiger partial charge on any atom is 0.279 e. The number of nitro benzene ring substituents is 1. The molecule has 2 aromatic rings. The Bertz CT molecular complexity index is 922. The summed E-state index contributed by atoms with van der Waals surface area (Å²) in [7, 11) is 0. The monoisotopic (exact) mass is 405 g/mol. The van der Waals surface area contributed by atoms with E-state index in [1.165, 1.54) is 19.1 Å². The minimum Gasteiger partial charge on any atom is -0.480 e. The van der Waals surface area contributed by atoms with Crippen LogP contribution in [0.5, 0.6) is 5.75 Å². The molecule has 1 unspecified atom stereocenters. The van der Waals surface area contributed by atoms with E-state index in [9.17, 15) is 19.7 Å². The predicted molar refractivity (Wildman–Crippen MR) is 104 cm³/mol. The number of carbonyl (C=O) groups excluding carboxylic acids is 2. The highest BCUT2D eigenvalue weighted by atomic mass is 35.5. The molecule has 9 heteroatoms. The van der Waals surface area contributed by atoms with Crippen LogP contribution in [-0.4, -0.2) is 22.8 Å². The first-order valence-electron chi connectivity index (χ1n) is 8.38. The van der Waals surface area contributed by atoms with Gasteiger partial charge in [0, 0.05) is 22.2 Å². The van der Waals surface area contributed by atoms with E-state index in [0.29, 0.717) is 16.3 Å². The lowest BCUT2D eigenvalue weighted by atomic mass is 10.1. The van der Waals surface area contributed by atoms with Crippen molar-refractivity contribution in [2.75, 3.05) is 0 Å². The van der Waals surface area contributed by atoms with Crippen LogP contribution in [0.1, 0.15) is 34.0 Å². The summed E-state index contributed by atoms with van der Waals surface area (Å²) in [5.41, 5.74) is 6.35. The Hall–Kier alpha value is -3.13. The maximum absolute atomic E-state index is 12.2. The van der Waals surface area contributed by atoms with Crippen molar-refractivity contribution in [3.05, 3.63) is 67.7 Å². The summed E-state index contributed by atoms with van der Waals surface area (Å²) in [6, 6.07) is 7.50. The summed E-state index contributed by atoms with van der Waals surface area (Å²) in [6.07, 6.45) is -0.897. The molecule has 2 amide bonds. The molecule has 0 aliphatic rings. The molecule has 0 aliphatic carbocycles. The van der Waals surface area contributed by atoms with Crippen LogP contribution in [0.15, 0.2) is 30.3 Å². The summed E-state index contributed by atoms with van der Waals surface area (Å²) in [6.45, 7) is 6.73. The number of carbonyl (C=O) groups is 2. The van der Waals surface area contributed by atoms with Crippen LogP contribution in [0.25, 0.3) is 0 Å². The van der Waals surface area contributed by atoms with Crippen molar-refractivity contribution in [1.82, 2.24) is 10.9 Å². The number of nitrogens with one attached hydrogen (secondary N) is 2. The van der Waals surface area contributed by atoms with Gasteiger partial charge in [-0.3, -0.25) is 30.6 Å². The molecule has 0 spiro atoms. The highest BCUT2D eigenvalue weighted by Gasteiger charge is 2.19. The van der Waals surface area contributed by atoms with Gasteiger partial charge in [0.1, 0.15) is 5.75 Å². The van der Waals surface area contributed by atoms with E-state index in [4.69, 9.17) is 16.3 Å². The van der Waals surface area contributed by atoms with Gasteiger partial charge >= 0.3 is 0 Å². The number of rotatable bonds is 5. The Morgan fingerprint density at radius 3 is 2.25 bits per heavy atom. The standard InChI is InChI=1S/C19H20ClN3O5/c1-10-5-6-14(9-16(10)23(26)27)19(25)22-21-18(24)13(4)28-17-11(2)7-15(20)8-12(17)3/h5-9,13H,1-4H3,(H,21,24)(H,22,25). The number of ether oxygens (including phenoxy) is 1. The summed E-state index contributed by atoms with van der Waals surface area (Å²) in [5.74, 6) is -0.723. The van der Waals surface area contributed by atoms with Gasteiger partial charge in [0.25, 0.3) is 17.5 Å². The lowest BCUT2D eigenvalue weighted by molar-refractivity contribution is -0.385. The van der Waals surface area contributed by atoms with Gasteiger partial charge in [-0.25, -0.2) is 0 Å². The molecule has 8 nitrogen and oxygen atoms in total. The van der Waals surface area contributed by atoms with Crippen molar-refractivity contribution in [1.29, 1.82) is 0 Å². The van der Waals surface area contributed by atoms with Gasteiger partial charge in [0.2, 0.25) is 0 Å². The molecular formula is C19H20ClN3O5. The zero-order chi connectivity index (χ0) is 21.0. The predicted octanol–water partition coefficient (Wildman–Crippen LogP) is 3.40. The number of halogens is 1. The number of hydrogen-bond donors (Lipinski definition) is 2. The minimum absolute atomic E-state index is 0.0514. The summed E-state index contributed by atoms with van der Waals surface area (Å²) < 4.78 is 5.69. The number of benzene rings is 2. The van der Waals surface area contributed by atoms with Gasteiger partial charge in [-0.05, 0) is 57.0 Å². The molecule has 0 saturated carbocycles. The van der Waals surface area contributed by atoms with Crippen LogP contribution >= 0.6 is 11.6 Å². The van der Waals surface area contributed by atoms with Gasteiger partial charge in [0.15, 0.2) is 6.10 Å². The molecule has 148 valence electrons. The molecule has 0 saturated heterocycles. The van der Waals surface area contributed by atoms with Crippen LogP contribution in [0.2, 0.25) is 5.02 Å². The molecule has 28 heavy (non-hydrogen) atoms. The zero-order valence-electron chi connectivity index (χ0n) is 15.8. The highest BCUT2D eigenvalue weighted by Crippen LogP contribution is 2.28. The molecular weight excluding hydrogens is 386 g/mol. The first-order chi connectivity index (χ1) is 13.1. The molecule has 2 N–H and O–H groups in total. The fourth-order valence-electron chi connectivity index (χ4n) is 2.55. The summed E-state index contributed by atoms with van der Waals surface area (Å²) in [5, 5.41) is 11.5. The number of aryl methyl sites for hydroxylation is 3. The van der Waals surface area contributed by atoms with Gasteiger partial charge in [-0.15, -0.1) is 0 Å². The smallest absolute Gasteiger partial charge is 0.279 e. The van der Waals surface area contributed by atoms with E-state index in [1.54, 1.807) is 19.1 Å². The molecule has 0 radical (unpaired) electrons. The molecule has 2 aromatic carbocycles. The lowest BCUT2D eigenvalue weighted by Crippen LogP contribution is -2.47. The minimum atomic E-state index is -0.897. The van der Waals surface area contributed by atoms with Crippen LogP contribution in [0.4, 0.5) is 5.69 Å². The second kappa shape index (κ2) is 8.71. The van der Waals surface area contributed by atoms with E-state index in [2.05, 4.69) is 10.9 Å². The SMILES string of the molecule is Cc1ccc(C(=O)NNC(=O)C(C)Oc2c(C)cc(Cl)cc2C)cc1[N+](=O)[O-]. The number of hydrazine groups is 1. The number of hydrogen-bond acceptors (Lipinski definition) is 5. The van der Waals surface area contributed by atoms with Gasteiger partial charge in [-0.2, -0.15) is 0 Å². The topological polar surface area (TPSA) is 111 Å². The van der Waals surface area contributed by atoms with Crippen molar-refractivity contribution in [3.8, 4) is 5.75 Å². The molecule has 2 rings (SSSR count). The molecule has 1 atom stereocenters. The van der Waals surface area contributed by atoms with Crippen molar-refractivity contribution in [3.63, 3.8) is 0 Å². The van der Waals surface area contributed by atoms with Crippen LogP contribution < -0.4 is 15.6 Å². The first kappa shape index (κ1) is 21.2. The third-order valence-electron chi connectivity index (χ3n) is 4.06. The molecule has 0 aromatic heterocycles. The molecule has 0 heterocycles. The zero-order valence-corrected chi connectivity index (χ0v) is 16.6. The van der Waals surface area contributed by atoms with Gasteiger partial charge < -0.3 is 4.74 Å². The fraction of sp³-hybridized carbons (Fsp3) is 0.263. The Balaban J connectivity index is 2.01. The fourth-order valence-corrected chi connectivity index (χ4v) is 2.88. The third kappa shape index (κ3) is 4.98. The number of amides is 2. The molecule has 0 aliphatic heterocycles.